The fourth-order valence-corrected chi connectivity index (χ4v) is 4.23. The van der Waals surface area contributed by atoms with Crippen LogP contribution < -0.4 is 9.64 Å². The number of para-hydroxylation sites is 1. The monoisotopic (exact) mass is 419 g/mol. The zero-order chi connectivity index (χ0) is 20.9. The number of fused-ring (bicyclic) bond motifs is 1. The summed E-state index contributed by atoms with van der Waals surface area (Å²) in [6.07, 6.45) is 0.447. The van der Waals surface area contributed by atoms with Gasteiger partial charge >= 0.3 is 5.97 Å². The number of ether oxygens (including phenoxy) is 2. The van der Waals surface area contributed by atoms with E-state index in [-0.39, 0.29) is 5.91 Å². The highest BCUT2D eigenvalue weighted by Crippen LogP contribution is 2.36. The topological polar surface area (TPSA) is 55.8 Å². The van der Waals surface area contributed by atoms with E-state index >= 15 is 0 Å². The van der Waals surface area contributed by atoms with Crippen LogP contribution in [0, 0.1) is 0 Å². The molecule has 0 radical (unpaired) electrons. The van der Waals surface area contributed by atoms with E-state index in [1.165, 1.54) is 7.11 Å². The van der Waals surface area contributed by atoms with E-state index in [9.17, 15) is 9.59 Å². The molecular formula is C24H21NO4S. The van der Waals surface area contributed by atoms with Gasteiger partial charge in [0, 0.05) is 17.1 Å². The molecular weight excluding hydrogens is 398 g/mol. The van der Waals surface area contributed by atoms with Crippen LogP contribution in [-0.2, 0) is 16.1 Å². The summed E-state index contributed by atoms with van der Waals surface area (Å²) in [4.78, 5) is 27.5. The van der Waals surface area contributed by atoms with Gasteiger partial charge in [0.1, 0.15) is 11.5 Å². The van der Waals surface area contributed by atoms with E-state index in [2.05, 4.69) is 0 Å². The van der Waals surface area contributed by atoms with Gasteiger partial charge in [0.25, 0.3) is 0 Å². The molecule has 5 nitrogen and oxygen atoms in total. The van der Waals surface area contributed by atoms with E-state index in [0.717, 1.165) is 27.6 Å². The standard InChI is InChI=1S/C24H21NO4S/c1-28-24(27)18-9-12-22-21(15-18)25(23(26)13-14-30-22)16-17-7-10-20(11-8-17)29-19-5-3-2-4-6-19/h2-12,15H,13-14,16H2,1H3. The second kappa shape index (κ2) is 9.05. The molecule has 30 heavy (non-hydrogen) atoms. The molecule has 0 atom stereocenters. The predicted molar refractivity (Wildman–Crippen MR) is 117 cm³/mol. The fraction of sp³-hybridized carbons (Fsp3) is 0.167. The van der Waals surface area contributed by atoms with Crippen molar-refractivity contribution < 1.29 is 19.1 Å². The summed E-state index contributed by atoms with van der Waals surface area (Å²) in [5.74, 6) is 1.84. The molecule has 1 aliphatic heterocycles. The summed E-state index contributed by atoms with van der Waals surface area (Å²) in [6, 6.07) is 22.6. The number of carbonyl (C=O) groups is 2. The number of anilines is 1. The van der Waals surface area contributed by atoms with Crippen molar-refractivity contribution in [2.45, 2.75) is 17.9 Å². The number of thioether (sulfide) groups is 1. The molecule has 0 unspecified atom stereocenters. The Morgan fingerprint density at radius 2 is 1.73 bits per heavy atom. The maximum absolute atomic E-state index is 12.8. The molecule has 1 aliphatic rings. The molecule has 3 aromatic carbocycles. The number of amides is 1. The first-order chi connectivity index (χ1) is 14.6. The van der Waals surface area contributed by atoms with Crippen LogP contribution in [-0.4, -0.2) is 24.7 Å². The number of benzene rings is 3. The predicted octanol–water partition coefficient (Wildman–Crippen LogP) is 5.29. The summed E-state index contributed by atoms with van der Waals surface area (Å²) in [5, 5.41) is 0. The lowest BCUT2D eigenvalue weighted by atomic mass is 10.1. The normalized spacial score (nSPS) is 13.4. The van der Waals surface area contributed by atoms with Crippen LogP contribution in [0.4, 0.5) is 5.69 Å². The lowest BCUT2D eigenvalue weighted by Gasteiger charge is -2.23. The molecule has 1 amide bonds. The van der Waals surface area contributed by atoms with Gasteiger partial charge in [-0.2, -0.15) is 0 Å². The number of carbonyl (C=O) groups excluding carboxylic acids is 2. The minimum atomic E-state index is -0.415. The molecule has 4 rings (SSSR count). The average molecular weight is 420 g/mol. The Hall–Kier alpha value is -3.25. The molecule has 0 aromatic heterocycles. The smallest absolute Gasteiger partial charge is 0.337 e. The Labute approximate surface area is 179 Å². The van der Waals surface area contributed by atoms with Gasteiger partial charge in [-0.25, -0.2) is 4.79 Å². The first-order valence-electron chi connectivity index (χ1n) is 9.61. The van der Waals surface area contributed by atoms with E-state index in [0.29, 0.717) is 24.3 Å². The van der Waals surface area contributed by atoms with Crippen LogP contribution in [0.15, 0.2) is 77.7 Å². The Bertz CT molecular complexity index is 1050. The zero-order valence-corrected chi connectivity index (χ0v) is 17.4. The molecule has 152 valence electrons. The molecule has 0 aliphatic carbocycles. The maximum Gasteiger partial charge on any atom is 0.337 e. The first kappa shape index (κ1) is 20.0. The quantitative estimate of drug-likeness (QED) is 0.526. The molecule has 0 saturated carbocycles. The van der Waals surface area contributed by atoms with Crippen LogP contribution in [0.2, 0.25) is 0 Å². The Balaban J connectivity index is 1.57. The largest absolute Gasteiger partial charge is 0.465 e. The van der Waals surface area contributed by atoms with Crippen molar-refractivity contribution in [3.05, 3.63) is 83.9 Å². The number of hydrogen-bond donors (Lipinski definition) is 0. The van der Waals surface area contributed by atoms with E-state index < -0.39 is 5.97 Å². The van der Waals surface area contributed by atoms with Crippen molar-refractivity contribution in [1.29, 1.82) is 0 Å². The third-order valence-corrected chi connectivity index (χ3v) is 5.85. The van der Waals surface area contributed by atoms with E-state index in [1.54, 1.807) is 28.8 Å². The third-order valence-electron chi connectivity index (χ3n) is 4.79. The van der Waals surface area contributed by atoms with Crippen molar-refractivity contribution in [2.24, 2.45) is 0 Å². The molecule has 0 fully saturated rings. The number of esters is 1. The highest BCUT2D eigenvalue weighted by atomic mass is 32.2. The van der Waals surface area contributed by atoms with Gasteiger partial charge in [-0.3, -0.25) is 4.79 Å². The minimum absolute atomic E-state index is 0.0351. The van der Waals surface area contributed by atoms with Crippen LogP contribution >= 0.6 is 11.8 Å². The van der Waals surface area contributed by atoms with Crippen molar-refractivity contribution in [2.75, 3.05) is 17.8 Å². The Morgan fingerprint density at radius 3 is 2.47 bits per heavy atom. The van der Waals surface area contributed by atoms with Gasteiger partial charge in [-0.05, 0) is 48.0 Å². The zero-order valence-electron chi connectivity index (χ0n) is 16.5. The Morgan fingerprint density at radius 1 is 1.00 bits per heavy atom. The summed E-state index contributed by atoms with van der Waals surface area (Å²) >= 11 is 1.62. The fourth-order valence-electron chi connectivity index (χ4n) is 3.26. The molecule has 0 bridgehead atoms. The van der Waals surface area contributed by atoms with Crippen LogP contribution in [0.5, 0.6) is 11.5 Å². The minimum Gasteiger partial charge on any atom is -0.465 e. The molecule has 0 N–H and O–H groups in total. The van der Waals surface area contributed by atoms with E-state index in [4.69, 9.17) is 9.47 Å². The van der Waals surface area contributed by atoms with Gasteiger partial charge in [-0.15, -0.1) is 11.8 Å². The number of hydrogen-bond acceptors (Lipinski definition) is 5. The second-order valence-corrected chi connectivity index (χ2v) is 7.95. The van der Waals surface area contributed by atoms with Crippen LogP contribution in [0.25, 0.3) is 0 Å². The first-order valence-corrected chi connectivity index (χ1v) is 10.6. The maximum atomic E-state index is 12.8. The van der Waals surface area contributed by atoms with Crippen molar-refractivity contribution in [3.63, 3.8) is 0 Å². The van der Waals surface area contributed by atoms with Crippen molar-refractivity contribution >= 4 is 29.3 Å². The van der Waals surface area contributed by atoms with Gasteiger partial charge < -0.3 is 14.4 Å². The molecule has 0 saturated heterocycles. The van der Waals surface area contributed by atoms with Crippen molar-refractivity contribution in [1.82, 2.24) is 0 Å². The van der Waals surface area contributed by atoms with Gasteiger partial charge in [0.15, 0.2) is 0 Å². The van der Waals surface area contributed by atoms with Gasteiger partial charge in [0.2, 0.25) is 5.91 Å². The van der Waals surface area contributed by atoms with Crippen LogP contribution in [0.3, 0.4) is 0 Å². The molecule has 0 spiro atoms. The lowest BCUT2D eigenvalue weighted by Crippen LogP contribution is -2.30. The number of nitrogens with zero attached hydrogens (tertiary/aromatic N) is 1. The molecule has 6 heteroatoms. The summed E-state index contributed by atoms with van der Waals surface area (Å²) in [6.45, 7) is 0.419. The van der Waals surface area contributed by atoms with Crippen molar-refractivity contribution in [3.8, 4) is 11.5 Å². The summed E-state index contributed by atoms with van der Waals surface area (Å²) in [5.41, 5.74) is 2.16. The summed E-state index contributed by atoms with van der Waals surface area (Å²) in [7, 11) is 1.35. The van der Waals surface area contributed by atoms with Gasteiger partial charge in [0.05, 0.1) is 24.9 Å². The Kier molecular flexibility index (Phi) is 6.05. The van der Waals surface area contributed by atoms with Gasteiger partial charge in [-0.1, -0.05) is 30.3 Å². The average Bonchev–Trinajstić information content (AvgIpc) is 2.93. The number of methoxy groups -OCH3 is 1. The third kappa shape index (κ3) is 4.49. The van der Waals surface area contributed by atoms with E-state index in [1.807, 2.05) is 60.7 Å². The molecule has 3 aromatic rings. The highest BCUT2D eigenvalue weighted by Gasteiger charge is 2.24. The highest BCUT2D eigenvalue weighted by molar-refractivity contribution is 7.99. The lowest BCUT2D eigenvalue weighted by molar-refractivity contribution is -0.118. The number of rotatable bonds is 5. The van der Waals surface area contributed by atoms with Crippen LogP contribution in [0.1, 0.15) is 22.3 Å². The summed E-state index contributed by atoms with van der Waals surface area (Å²) < 4.78 is 10.7. The SMILES string of the molecule is COC(=O)c1ccc2c(c1)N(Cc1ccc(Oc3ccccc3)cc1)C(=O)CCS2. The molecule has 1 heterocycles. The second-order valence-electron chi connectivity index (χ2n) is 6.81.